The average molecular weight is 275 g/mol. The molecule has 0 spiro atoms. The van der Waals surface area contributed by atoms with E-state index in [1.165, 1.54) is 0 Å². The van der Waals surface area contributed by atoms with Crippen molar-refractivity contribution >= 4 is 17.5 Å². The standard InChI is InChI=1S/C14H17N3O3/c15-13(18)9-5-6-17(8-9)14(19)12-7-16-10-3-1-2-4-11(10)20-12/h1-4,9,12,16H,5-8H2,(H2,15,18). The molecule has 2 atom stereocenters. The van der Waals surface area contributed by atoms with Gasteiger partial charge in [-0.05, 0) is 18.6 Å². The Balaban J connectivity index is 1.66. The average Bonchev–Trinajstić information content (AvgIpc) is 2.96. The van der Waals surface area contributed by atoms with E-state index in [0.717, 1.165) is 5.69 Å². The fourth-order valence-electron chi connectivity index (χ4n) is 2.65. The molecule has 6 nitrogen and oxygen atoms in total. The summed E-state index contributed by atoms with van der Waals surface area (Å²) in [6, 6.07) is 7.52. The predicted octanol–water partition coefficient (Wildman–Crippen LogP) is 0.193. The lowest BCUT2D eigenvalue weighted by Gasteiger charge is -2.29. The number of amides is 2. The summed E-state index contributed by atoms with van der Waals surface area (Å²) in [6.45, 7) is 1.40. The molecule has 2 aliphatic heterocycles. The summed E-state index contributed by atoms with van der Waals surface area (Å²) in [6.07, 6.45) is 0.0918. The van der Waals surface area contributed by atoms with Gasteiger partial charge in [0.2, 0.25) is 5.91 Å². The number of carbonyl (C=O) groups is 2. The molecule has 1 fully saturated rings. The number of nitrogens with one attached hydrogen (secondary N) is 1. The molecule has 2 heterocycles. The fourth-order valence-corrected chi connectivity index (χ4v) is 2.65. The highest BCUT2D eigenvalue weighted by Gasteiger charge is 2.35. The predicted molar refractivity (Wildman–Crippen MR) is 73.2 cm³/mol. The van der Waals surface area contributed by atoms with Crippen LogP contribution < -0.4 is 15.8 Å². The molecule has 0 aromatic heterocycles. The number of ether oxygens (including phenoxy) is 1. The van der Waals surface area contributed by atoms with E-state index in [1.54, 1.807) is 4.90 Å². The van der Waals surface area contributed by atoms with Gasteiger partial charge in [-0.1, -0.05) is 12.1 Å². The molecule has 0 aliphatic carbocycles. The van der Waals surface area contributed by atoms with E-state index in [1.807, 2.05) is 24.3 Å². The Hall–Kier alpha value is -2.24. The molecule has 1 aromatic carbocycles. The lowest BCUT2D eigenvalue weighted by Crippen LogP contribution is -2.46. The van der Waals surface area contributed by atoms with Gasteiger partial charge in [0.05, 0.1) is 18.2 Å². The monoisotopic (exact) mass is 275 g/mol. The van der Waals surface area contributed by atoms with E-state index < -0.39 is 6.10 Å². The minimum absolute atomic E-state index is 0.0873. The third-order valence-electron chi connectivity index (χ3n) is 3.81. The molecule has 0 radical (unpaired) electrons. The van der Waals surface area contributed by atoms with Crippen molar-refractivity contribution in [3.8, 4) is 5.75 Å². The Kier molecular flexibility index (Phi) is 3.22. The van der Waals surface area contributed by atoms with E-state index in [4.69, 9.17) is 10.5 Å². The maximum atomic E-state index is 12.4. The molecule has 2 aliphatic rings. The van der Waals surface area contributed by atoms with E-state index in [2.05, 4.69) is 5.32 Å². The van der Waals surface area contributed by atoms with Crippen LogP contribution in [0, 0.1) is 5.92 Å². The third kappa shape index (κ3) is 2.29. The van der Waals surface area contributed by atoms with Crippen LogP contribution in [0.5, 0.6) is 5.75 Å². The molecule has 1 aromatic rings. The quantitative estimate of drug-likeness (QED) is 0.807. The summed E-state index contributed by atoms with van der Waals surface area (Å²) in [7, 11) is 0. The maximum Gasteiger partial charge on any atom is 0.265 e. The fraction of sp³-hybridized carbons (Fsp3) is 0.429. The molecule has 2 unspecified atom stereocenters. The Labute approximate surface area is 116 Å². The summed E-state index contributed by atoms with van der Waals surface area (Å²) in [5.41, 5.74) is 6.18. The summed E-state index contributed by atoms with van der Waals surface area (Å²) in [4.78, 5) is 25.2. The molecule has 0 saturated carbocycles. The number of anilines is 1. The van der Waals surface area contributed by atoms with Crippen LogP contribution in [0.1, 0.15) is 6.42 Å². The van der Waals surface area contributed by atoms with Crippen molar-refractivity contribution in [3.05, 3.63) is 24.3 Å². The van der Waals surface area contributed by atoms with Crippen LogP contribution in [-0.4, -0.2) is 42.5 Å². The van der Waals surface area contributed by atoms with Crippen molar-refractivity contribution in [2.24, 2.45) is 11.7 Å². The second-order valence-electron chi connectivity index (χ2n) is 5.16. The molecule has 6 heteroatoms. The van der Waals surface area contributed by atoms with Crippen molar-refractivity contribution in [1.82, 2.24) is 4.90 Å². The lowest BCUT2D eigenvalue weighted by molar-refractivity contribution is -0.137. The third-order valence-corrected chi connectivity index (χ3v) is 3.81. The number of nitrogens with zero attached hydrogens (tertiary/aromatic N) is 1. The summed E-state index contributed by atoms with van der Waals surface area (Å²) < 4.78 is 5.73. The summed E-state index contributed by atoms with van der Waals surface area (Å²) in [5.74, 6) is 0.0228. The normalized spacial score (nSPS) is 24.5. The van der Waals surface area contributed by atoms with Crippen LogP contribution >= 0.6 is 0 Å². The number of benzene rings is 1. The van der Waals surface area contributed by atoms with Crippen LogP contribution in [0.25, 0.3) is 0 Å². The smallest absolute Gasteiger partial charge is 0.265 e. The molecule has 0 bridgehead atoms. The molecule has 3 rings (SSSR count). The SMILES string of the molecule is NC(=O)C1CCN(C(=O)C2CNc3ccccc3O2)C1. The Morgan fingerprint density at radius 3 is 2.90 bits per heavy atom. The maximum absolute atomic E-state index is 12.4. The highest BCUT2D eigenvalue weighted by Crippen LogP contribution is 2.29. The van der Waals surface area contributed by atoms with E-state index in [9.17, 15) is 9.59 Å². The molecule has 106 valence electrons. The number of fused-ring (bicyclic) bond motifs is 1. The highest BCUT2D eigenvalue weighted by atomic mass is 16.5. The Morgan fingerprint density at radius 2 is 2.15 bits per heavy atom. The zero-order valence-electron chi connectivity index (χ0n) is 11.0. The van der Waals surface area contributed by atoms with Crippen LogP contribution in [0.15, 0.2) is 24.3 Å². The van der Waals surface area contributed by atoms with Crippen LogP contribution in [-0.2, 0) is 9.59 Å². The number of carbonyl (C=O) groups excluding carboxylic acids is 2. The second-order valence-corrected chi connectivity index (χ2v) is 5.16. The highest BCUT2D eigenvalue weighted by molar-refractivity contribution is 5.85. The van der Waals surface area contributed by atoms with Gasteiger partial charge in [-0.3, -0.25) is 9.59 Å². The van der Waals surface area contributed by atoms with E-state index >= 15 is 0 Å². The van der Waals surface area contributed by atoms with E-state index in [-0.39, 0.29) is 17.7 Å². The van der Waals surface area contributed by atoms with Gasteiger partial charge in [-0.15, -0.1) is 0 Å². The van der Waals surface area contributed by atoms with Crippen molar-refractivity contribution in [2.45, 2.75) is 12.5 Å². The molecule has 3 N–H and O–H groups in total. The van der Waals surface area contributed by atoms with Crippen molar-refractivity contribution < 1.29 is 14.3 Å². The number of hydrogen-bond donors (Lipinski definition) is 2. The van der Waals surface area contributed by atoms with Gasteiger partial charge in [0.1, 0.15) is 5.75 Å². The van der Waals surface area contributed by atoms with Gasteiger partial charge in [0.25, 0.3) is 5.91 Å². The molecular weight excluding hydrogens is 258 g/mol. The molecular formula is C14H17N3O3. The molecule has 1 saturated heterocycles. The minimum atomic E-state index is -0.545. The lowest BCUT2D eigenvalue weighted by atomic mass is 10.1. The first kappa shape index (κ1) is 12.8. The minimum Gasteiger partial charge on any atom is -0.477 e. The van der Waals surface area contributed by atoms with Crippen LogP contribution in [0.4, 0.5) is 5.69 Å². The van der Waals surface area contributed by atoms with Gasteiger partial charge in [0, 0.05) is 13.1 Å². The summed E-state index contributed by atoms with van der Waals surface area (Å²) in [5, 5.41) is 3.19. The molecule has 20 heavy (non-hydrogen) atoms. The van der Waals surface area contributed by atoms with E-state index in [0.29, 0.717) is 31.8 Å². The summed E-state index contributed by atoms with van der Waals surface area (Å²) >= 11 is 0. The van der Waals surface area contributed by atoms with Crippen molar-refractivity contribution in [3.63, 3.8) is 0 Å². The van der Waals surface area contributed by atoms with Crippen LogP contribution in [0.2, 0.25) is 0 Å². The van der Waals surface area contributed by atoms with Crippen molar-refractivity contribution in [2.75, 3.05) is 25.0 Å². The first-order chi connectivity index (χ1) is 9.65. The number of likely N-dealkylation sites (tertiary alicyclic amines) is 1. The number of para-hydroxylation sites is 2. The number of hydrogen-bond acceptors (Lipinski definition) is 4. The van der Waals surface area contributed by atoms with Gasteiger partial charge in [0.15, 0.2) is 6.10 Å². The molecule has 2 amide bonds. The number of rotatable bonds is 2. The van der Waals surface area contributed by atoms with Crippen LogP contribution in [0.3, 0.4) is 0 Å². The largest absolute Gasteiger partial charge is 0.477 e. The van der Waals surface area contributed by atoms with Gasteiger partial charge in [-0.2, -0.15) is 0 Å². The second kappa shape index (κ2) is 5.03. The number of nitrogens with two attached hydrogens (primary N) is 1. The Bertz CT molecular complexity index is 546. The van der Waals surface area contributed by atoms with Gasteiger partial charge in [-0.25, -0.2) is 0 Å². The first-order valence-corrected chi connectivity index (χ1v) is 6.73. The van der Waals surface area contributed by atoms with Gasteiger partial charge >= 0.3 is 0 Å². The number of primary amides is 1. The zero-order chi connectivity index (χ0) is 14.1. The van der Waals surface area contributed by atoms with Crippen molar-refractivity contribution in [1.29, 1.82) is 0 Å². The topological polar surface area (TPSA) is 84.7 Å². The first-order valence-electron chi connectivity index (χ1n) is 6.73. The zero-order valence-corrected chi connectivity index (χ0v) is 11.0. The Morgan fingerprint density at radius 1 is 1.35 bits per heavy atom. The van der Waals surface area contributed by atoms with Gasteiger partial charge < -0.3 is 20.7 Å².